The lowest BCUT2D eigenvalue weighted by Gasteiger charge is -2.06. The topological polar surface area (TPSA) is 48.3 Å². The van der Waals surface area contributed by atoms with Crippen LogP contribution in [0, 0.1) is 0 Å². The van der Waals surface area contributed by atoms with Crippen LogP contribution in [-0.2, 0) is 23.0 Å². The molecule has 4 heteroatoms. The van der Waals surface area contributed by atoms with E-state index in [4.69, 9.17) is 4.74 Å². The zero-order valence-electron chi connectivity index (χ0n) is 11.2. The van der Waals surface area contributed by atoms with Gasteiger partial charge in [-0.15, -0.1) is 0 Å². The number of ether oxygens (including phenoxy) is 1. The molecule has 0 saturated heterocycles. The smallest absolute Gasteiger partial charge is 0.355 e. The van der Waals surface area contributed by atoms with Crippen molar-refractivity contribution >= 4 is 23.2 Å². The van der Waals surface area contributed by atoms with E-state index < -0.39 is 0 Å². The molecule has 1 aromatic heterocycles. The van der Waals surface area contributed by atoms with Crippen LogP contribution < -0.4 is 0 Å². The molecular formula is C15H17NO3. The molecule has 0 unspecified atom stereocenters. The van der Waals surface area contributed by atoms with Crippen LogP contribution in [0.1, 0.15) is 29.4 Å². The van der Waals surface area contributed by atoms with Gasteiger partial charge in [-0.25, -0.2) is 4.79 Å². The van der Waals surface area contributed by atoms with Gasteiger partial charge in [0, 0.05) is 24.4 Å². The van der Waals surface area contributed by atoms with Gasteiger partial charge in [0.2, 0.25) is 0 Å². The first-order chi connectivity index (χ1) is 9.20. The Bertz CT molecular complexity index is 613. The molecule has 0 aliphatic heterocycles. The van der Waals surface area contributed by atoms with Crippen LogP contribution >= 0.6 is 0 Å². The quantitative estimate of drug-likeness (QED) is 0.612. The molecule has 0 atom stereocenters. The van der Waals surface area contributed by atoms with Crippen molar-refractivity contribution in [1.82, 2.24) is 4.57 Å². The lowest BCUT2D eigenvalue weighted by Crippen LogP contribution is -2.12. The molecule has 1 aromatic carbocycles. The minimum atomic E-state index is -0.331. The van der Waals surface area contributed by atoms with Crippen molar-refractivity contribution in [2.75, 3.05) is 6.61 Å². The predicted molar refractivity (Wildman–Crippen MR) is 73.3 cm³/mol. The Morgan fingerprint density at radius 3 is 2.79 bits per heavy atom. The Morgan fingerprint density at radius 1 is 1.37 bits per heavy atom. The number of benzene rings is 1. The van der Waals surface area contributed by atoms with Crippen molar-refractivity contribution in [2.24, 2.45) is 7.05 Å². The van der Waals surface area contributed by atoms with E-state index in [0.717, 1.165) is 22.8 Å². The fourth-order valence-corrected chi connectivity index (χ4v) is 2.39. The summed E-state index contributed by atoms with van der Waals surface area (Å²) in [6, 6.07) is 7.79. The number of esters is 1. The molecule has 0 aliphatic carbocycles. The molecule has 2 rings (SSSR count). The number of nitrogens with zero attached hydrogens (tertiary/aromatic N) is 1. The van der Waals surface area contributed by atoms with Crippen LogP contribution in [0.25, 0.3) is 10.9 Å². The van der Waals surface area contributed by atoms with E-state index in [9.17, 15) is 9.59 Å². The minimum absolute atomic E-state index is 0.331. The van der Waals surface area contributed by atoms with Crippen LogP contribution in [0.2, 0.25) is 0 Å². The maximum absolute atomic E-state index is 12.1. The van der Waals surface area contributed by atoms with Gasteiger partial charge < -0.3 is 14.1 Å². The van der Waals surface area contributed by atoms with Gasteiger partial charge in [0.25, 0.3) is 0 Å². The predicted octanol–water partition coefficient (Wildman–Crippen LogP) is 2.49. The van der Waals surface area contributed by atoms with Gasteiger partial charge in [-0.1, -0.05) is 18.2 Å². The average molecular weight is 259 g/mol. The van der Waals surface area contributed by atoms with Crippen molar-refractivity contribution in [3.8, 4) is 0 Å². The van der Waals surface area contributed by atoms with Gasteiger partial charge in [-0.3, -0.25) is 0 Å². The lowest BCUT2D eigenvalue weighted by atomic mass is 10.1. The van der Waals surface area contributed by atoms with Crippen LogP contribution in [0.15, 0.2) is 24.3 Å². The Balaban J connectivity index is 2.61. The van der Waals surface area contributed by atoms with Crippen molar-refractivity contribution in [1.29, 1.82) is 0 Å². The normalized spacial score (nSPS) is 10.6. The molecule has 0 aliphatic rings. The van der Waals surface area contributed by atoms with Crippen molar-refractivity contribution in [3.05, 3.63) is 35.5 Å². The summed E-state index contributed by atoms with van der Waals surface area (Å²) in [7, 11) is 1.85. The van der Waals surface area contributed by atoms with E-state index in [1.807, 2.05) is 35.9 Å². The van der Waals surface area contributed by atoms with Crippen molar-refractivity contribution < 1.29 is 14.3 Å². The van der Waals surface area contributed by atoms with E-state index in [1.165, 1.54) is 0 Å². The average Bonchev–Trinajstić information content (AvgIpc) is 2.70. The molecule has 0 spiro atoms. The highest BCUT2D eigenvalue weighted by Gasteiger charge is 2.21. The number of hydrogen-bond acceptors (Lipinski definition) is 3. The summed E-state index contributed by atoms with van der Waals surface area (Å²) < 4.78 is 6.95. The number of carbonyl (C=O) groups is 2. The molecule has 19 heavy (non-hydrogen) atoms. The highest BCUT2D eigenvalue weighted by molar-refractivity contribution is 5.99. The molecule has 0 bridgehead atoms. The molecule has 1 heterocycles. The maximum Gasteiger partial charge on any atom is 0.355 e. The number of aryl methyl sites for hydroxylation is 2. The molecule has 0 fully saturated rings. The van der Waals surface area contributed by atoms with E-state index in [1.54, 1.807) is 6.92 Å². The summed E-state index contributed by atoms with van der Waals surface area (Å²) in [4.78, 5) is 22.7. The largest absolute Gasteiger partial charge is 0.461 e. The summed E-state index contributed by atoms with van der Waals surface area (Å²) in [5.41, 5.74) is 2.42. The second-order valence-corrected chi connectivity index (χ2v) is 4.33. The number of aldehydes is 1. The Labute approximate surface area is 112 Å². The number of para-hydroxylation sites is 1. The molecule has 0 N–H and O–H groups in total. The lowest BCUT2D eigenvalue weighted by molar-refractivity contribution is -0.107. The fraction of sp³-hybridized carbons (Fsp3) is 0.333. The summed E-state index contributed by atoms with van der Waals surface area (Å²) in [5.74, 6) is -0.331. The van der Waals surface area contributed by atoms with E-state index in [2.05, 4.69) is 0 Å². The molecule has 0 radical (unpaired) electrons. The highest BCUT2D eigenvalue weighted by atomic mass is 16.5. The summed E-state index contributed by atoms with van der Waals surface area (Å²) >= 11 is 0. The Kier molecular flexibility index (Phi) is 4.00. The molecule has 0 amide bonds. The van der Waals surface area contributed by atoms with Crippen LogP contribution in [0.4, 0.5) is 0 Å². The fourth-order valence-electron chi connectivity index (χ4n) is 2.39. The van der Waals surface area contributed by atoms with Gasteiger partial charge >= 0.3 is 5.97 Å². The Morgan fingerprint density at radius 2 is 2.11 bits per heavy atom. The van der Waals surface area contributed by atoms with Crippen LogP contribution in [0.5, 0.6) is 0 Å². The first kappa shape index (κ1) is 13.3. The number of rotatable bonds is 5. The van der Waals surface area contributed by atoms with E-state index in [0.29, 0.717) is 25.1 Å². The first-order valence-corrected chi connectivity index (χ1v) is 6.37. The van der Waals surface area contributed by atoms with Gasteiger partial charge in [0.05, 0.1) is 6.61 Å². The minimum Gasteiger partial charge on any atom is -0.461 e. The maximum atomic E-state index is 12.1. The molecular weight excluding hydrogens is 242 g/mol. The molecule has 4 nitrogen and oxygen atoms in total. The second-order valence-electron chi connectivity index (χ2n) is 4.33. The number of hydrogen-bond donors (Lipinski definition) is 0. The van der Waals surface area contributed by atoms with Crippen LogP contribution in [-0.4, -0.2) is 23.4 Å². The molecule has 0 saturated carbocycles. The highest BCUT2D eigenvalue weighted by Crippen LogP contribution is 2.27. The SMILES string of the molecule is CCOC(=O)c1c(CCC=O)c2ccccc2n1C. The van der Waals surface area contributed by atoms with Crippen LogP contribution in [0.3, 0.4) is 0 Å². The molecule has 100 valence electrons. The van der Waals surface area contributed by atoms with Gasteiger partial charge in [0.1, 0.15) is 12.0 Å². The zero-order chi connectivity index (χ0) is 13.8. The third kappa shape index (κ3) is 2.38. The zero-order valence-corrected chi connectivity index (χ0v) is 11.2. The third-order valence-electron chi connectivity index (χ3n) is 3.19. The van der Waals surface area contributed by atoms with E-state index >= 15 is 0 Å². The van der Waals surface area contributed by atoms with E-state index in [-0.39, 0.29) is 5.97 Å². The molecule has 2 aromatic rings. The van der Waals surface area contributed by atoms with Gasteiger partial charge in [-0.05, 0) is 25.0 Å². The summed E-state index contributed by atoms with van der Waals surface area (Å²) in [5, 5.41) is 1.01. The monoisotopic (exact) mass is 259 g/mol. The third-order valence-corrected chi connectivity index (χ3v) is 3.19. The Hall–Kier alpha value is -2.10. The van der Waals surface area contributed by atoms with Crippen molar-refractivity contribution in [2.45, 2.75) is 19.8 Å². The number of carbonyl (C=O) groups excluding carboxylic acids is 2. The van der Waals surface area contributed by atoms with Gasteiger partial charge in [-0.2, -0.15) is 0 Å². The first-order valence-electron chi connectivity index (χ1n) is 6.37. The van der Waals surface area contributed by atoms with Gasteiger partial charge in [0.15, 0.2) is 0 Å². The number of aromatic nitrogens is 1. The summed E-state index contributed by atoms with van der Waals surface area (Å²) in [6.45, 7) is 2.12. The number of fused-ring (bicyclic) bond motifs is 1. The van der Waals surface area contributed by atoms with Crippen molar-refractivity contribution in [3.63, 3.8) is 0 Å². The second kappa shape index (κ2) is 5.69. The summed E-state index contributed by atoms with van der Waals surface area (Å²) in [6.07, 6.45) is 1.83. The standard InChI is InChI=1S/C15H17NO3/c1-3-19-15(18)14-12(8-6-10-17)11-7-4-5-9-13(11)16(14)2/h4-5,7,9-10H,3,6,8H2,1-2H3.